The highest BCUT2D eigenvalue weighted by atomic mass is 32.2. The van der Waals surface area contributed by atoms with E-state index in [1.165, 1.54) is 48.0 Å². The normalized spacial score (nSPS) is 11.4. The van der Waals surface area contributed by atoms with Gasteiger partial charge >= 0.3 is 0 Å². The topological polar surface area (TPSA) is 88.6 Å². The van der Waals surface area contributed by atoms with Gasteiger partial charge in [0.25, 0.3) is 5.91 Å². The average molecular weight is 494 g/mol. The second-order valence-corrected chi connectivity index (χ2v) is 10.4. The number of hydrogen-bond acceptors (Lipinski definition) is 6. The Morgan fingerprint density at radius 3 is 2.44 bits per heavy atom. The van der Waals surface area contributed by atoms with Crippen molar-refractivity contribution in [3.05, 3.63) is 95.5 Å². The van der Waals surface area contributed by atoms with Gasteiger partial charge < -0.3 is 10.1 Å². The highest BCUT2D eigenvalue weighted by Crippen LogP contribution is 2.29. The van der Waals surface area contributed by atoms with E-state index in [1.54, 1.807) is 18.3 Å². The molecule has 3 aromatic carbocycles. The first-order valence-electron chi connectivity index (χ1n) is 10.4. The first-order valence-corrected chi connectivity index (χ1v) is 12.7. The molecule has 34 heavy (non-hydrogen) atoms. The Balaban J connectivity index is 1.56. The molecule has 0 saturated carbocycles. The molecule has 1 N–H and O–H groups in total. The fourth-order valence-corrected chi connectivity index (χ4v) is 5.36. The number of nitrogens with zero attached hydrogens (tertiary/aromatic N) is 2. The van der Waals surface area contributed by atoms with Crippen molar-refractivity contribution in [2.45, 2.75) is 11.4 Å². The smallest absolute Gasteiger partial charge is 0.255 e. The minimum Gasteiger partial charge on any atom is -0.495 e. The largest absolute Gasteiger partial charge is 0.495 e. The van der Waals surface area contributed by atoms with Crippen molar-refractivity contribution in [3.63, 3.8) is 0 Å². The van der Waals surface area contributed by atoms with Crippen molar-refractivity contribution in [2.24, 2.45) is 0 Å². The van der Waals surface area contributed by atoms with E-state index in [4.69, 9.17) is 4.74 Å². The lowest BCUT2D eigenvalue weighted by Crippen LogP contribution is -2.27. The molecule has 1 heterocycles. The first-order chi connectivity index (χ1) is 16.4. The van der Waals surface area contributed by atoms with Crippen LogP contribution in [-0.4, -0.2) is 37.8 Å². The van der Waals surface area contributed by atoms with E-state index in [0.29, 0.717) is 5.69 Å². The van der Waals surface area contributed by atoms with Crippen molar-refractivity contribution < 1.29 is 17.9 Å². The highest BCUT2D eigenvalue weighted by Gasteiger charge is 2.26. The lowest BCUT2D eigenvalue weighted by Gasteiger charge is -2.19. The number of rotatable bonds is 8. The second-order valence-electron chi connectivity index (χ2n) is 7.48. The molecule has 1 amide bonds. The van der Waals surface area contributed by atoms with Gasteiger partial charge in [0.05, 0.1) is 7.11 Å². The summed E-state index contributed by atoms with van der Waals surface area (Å²) in [5, 5.41) is 5.60. The predicted molar refractivity (Wildman–Crippen MR) is 134 cm³/mol. The van der Waals surface area contributed by atoms with E-state index >= 15 is 0 Å². The lowest BCUT2D eigenvalue weighted by molar-refractivity contribution is 0.102. The van der Waals surface area contributed by atoms with Crippen LogP contribution in [0.4, 0.5) is 5.69 Å². The molecule has 0 unspecified atom stereocenters. The van der Waals surface area contributed by atoms with Gasteiger partial charge in [-0.2, -0.15) is 4.31 Å². The molecule has 7 nitrogen and oxygen atoms in total. The molecule has 0 aliphatic carbocycles. The van der Waals surface area contributed by atoms with E-state index in [1.807, 2.05) is 47.8 Å². The molecular weight excluding hydrogens is 470 g/mol. The number of carbonyl (C=O) groups is 1. The summed E-state index contributed by atoms with van der Waals surface area (Å²) in [4.78, 5) is 17.1. The van der Waals surface area contributed by atoms with Gasteiger partial charge in [-0.1, -0.05) is 30.3 Å². The zero-order chi connectivity index (χ0) is 24.1. The SMILES string of the molecule is COc1ccc(C(=O)Nc2ccc(-c3nccs3)cc2)cc1S(=O)(=O)N(C)Cc1ccccc1. The summed E-state index contributed by atoms with van der Waals surface area (Å²) in [7, 11) is -1.02. The molecule has 4 aromatic rings. The number of hydrogen-bond donors (Lipinski definition) is 1. The highest BCUT2D eigenvalue weighted by molar-refractivity contribution is 7.89. The van der Waals surface area contributed by atoms with Crippen LogP contribution in [0.1, 0.15) is 15.9 Å². The van der Waals surface area contributed by atoms with Crippen LogP contribution >= 0.6 is 11.3 Å². The van der Waals surface area contributed by atoms with Crippen LogP contribution in [0.3, 0.4) is 0 Å². The van der Waals surface area contributed by atoms with Crippen LogP contribution in [-0.2, 0) is 16.6 Å². The number of carbonyl (C=O) groups excluding carboxylic acids is 1. The van der Waals surface area contributed by atoms with Gasteiger partial charge in [-0.15, -0.1) is 11.3 Å². The molecule has 0 atom stereocenters. The number of thiazole rings is 1. The molecular formula is C25H23N3O4S2. The Morgan fingerprint density at radius 2 is 1.79 bits per heavy atom. The summed E-state index contributed by atoms with van der Waals surface area (Å²) < 4.78 is 33.1. The van der Waals surface area contributed by atoms with E-state index in [0.717, 1.165) is 16.1 Å². The van der Waals surface area contributed by atoms with Crippen molar-refractivity contribution >= 4 is 33.0 Å². The molecule has 0 aliphatic heterocycles. The first kappa shape index (κ1) is 23.6. The maximum atomic E-state index is 13.3. The van der Waals surface area contributed by atoms with Crippen molar-refractivity contribution in [3.8, 4) is 16.3 Å². The van der Waals surface area contributed by atoms with Gasteiger partial charge in [0, 0.05) is 42.0 Å². The maximum Gasteiger partial charge on any atom is 0.255 e. The van der Waals surface area contributed by atoms with E-state index in [-0.39, 0.29) is 22.8 Å². The Hall–Kier alpha value is -3.53. The number of aromatic nitrogens is 1. The summed E-state index contributed by atoms with van der Waals surface area (Å²) in [5.41, 5.74) is 2.60. The predicted octanol–water partition coefficient (Wildman–Crippen LogP) is 4.89. The molecule has 0 saturated heterocycles. The van der Waals surface area contributed by atoms with Crippen molar-refractivity contribution in [2.75, 3.05) is 19.5 Å². The van der Waals surface area contributed by atoms with Gasteiger partial charge in [0.1, 0.15) is 15.7 Å². The third-order valence-corrected chi connectivity index (χ3v) is 7.83. The van der Waals surface area contributed by atoms with Crippen LogP contribution < -0.4 is 10.1 Å². The Kier molecular flexibility index (Phi) is 7.06. The molecule has 0 bridgehead atoms. The van der Waals surface area contributed by atoms with Crippen LogP contribution in [0.25, 0.3) is 10.6 Å². The summed E-state index contributed by atoms with van der Waals surface area (Å²) >= 11 is 1.53. The average Bonchev–Trinajstić information content (AvgIpc) is 3.39. The van der Waals surface area contributed by atoms with Gasteiger partial charge in [-0.05, 0) is 48.0 Å². The Bertz CT molecular complexity index is 1370. The number of benzene rings is 3. The van der Waals surface area contributed by atoms with E-state index in [9.17, 15) is 13.2 Å². The summed E-state index contributed by atoms with van der Waals surface area (Å²) in [6.45, 7) is 0.189. The van der Waals surface area contributed by atoms with Crippen LogP contribution in [0.5, 0.6) is 5.75 Å². The number of sulfonamides is 1. The van der Waals surface area contributed by atoms with Gasteiger partial charge in [0.15, 0.2) is 0 Å². The molecule has 9 heteroatoms. The number of ether oxygens (including phenoxy) is 1. The Labute approximate surface area is 202 Å². The minimum absolute atomic E-state index is 0.0693. The number of nitrogens with one attached hydrogen (secondary N) is 1. The van der Waals surface area contributed by atoms with E-state index < -0.39 is 15.9 Å². The molecule has 0 fully saturated rings. The zero-order valence-corrected chi connectivity index (χ0v) is 20.3. The Morgan fingerprint density at radius 1 is 1.06 bits per heavy atom. The maximum absolute atomic E-state index is 13.3. The van der Waals surface area contributed by atoms with Crippen LogP contribution in [0, 0.1) is 0 Å². The number of anilines is 1. The summed E-state index contributed by atoms with van der Waals surface area (Å²) in [6, 6.07) is 21.0. The lowest BCUT2D eigenvalue weighted by atomic mass is 10.2. The monoisotopic (exact) mass is 493 g/mol. The fourth-order valence-electron chi connectivity index (χ4n) is 3.38. The molecule has 0 radical (unpaired) electrons. The van der Waals surface area contributed by atoms with E-state index in [2.05, 4.69) is 10.3 Å². The summed E-state index contributed by atoms with van der Waals surface area (Å²) in [6.07, 6.45) is 1.74. The molecule has 0 spiro atoms. The minimum atomic E-state index is -3.92. The van der Waals surface area contributed by atoms with Gasteiger partial charge in [-0.25, -0.2) is 13.4 Å². The third kappa shape index (κ3) is 5.17. The van der Waals surface area contributed by atoms with Crippen LogP contribution in [0.2, 0.25) is 0 Å². The van der Waals surface area contributed by atoms with Gasteiger partial charge in [0.2, 0.25) is 10.0 Å². The summed E-state index contributed by atoms with van der Waals surface area (Å²) in [5.74, 6) is -0.254. The second kappa shape index (κ2) is 10.2. The molecule has 0 aliphatic rings. The molecule has 174 valence electrons. The number of amides is 1. The quantitative estimate of drug-likeness (QED) is 0.378. The zero-order valence-electron chi connectivity index (χ0n) is 18.6. The van der Waals surface area contributed by atoms with Crippen LogP contribution in [0.15, 0.2) is 89.3 Å². The molecule has 1 aromatic heterocycles. The fraction of sp³-hybridized carbons (Fsp3) is 0.120. The number of methoxy groups -OCH3 is 1. The van der Waals surface area contributed by atoms with Gasteiger partial charge in [-0.3, -0.25) is 4.79 Å². The molecule has 4 rings (SSSR count). The van der Waals surface area contributed by atoms with Crippen molar-refractivity contribution in [1.82, 2.24) is 9.29 Å². The van der Waals surface area contributed by atoms with Crippen molar-refractivity contribution in [1.29, 1.82) is 0 Å². The third-order valence-electron chi connectivity index (χ3n) is 5.18. The standard InChI is InChI=1S/C25H23N3O4S2/c1-28(17-18-6-4-3-5-7-18)34(30,31)23-16-20(10-13-22(23)32-2)24(29)27-21-11-8-19(9-12-21)25-26-14-15-33-25/h3-16H,17H2,1-2H3,(H,27,29).